The second-order valence-electron chi connectivity index (χ2n) is 13.6. The molecule has 0 fully saturated rings. The average Bonchev–Trinajstić information content (AvgIpc) is 3.08. The van der Waals surface area contributed by atoms with Crippen LogP contribution in [0.5, 0.6) is 0 Å². The molecule has 0 saturated carbocycles. The van der Waals surface area contributed by atoms with Gasteiger partial charge < -0.3 is 14.2 Å². The molecule has 6 heteroatoms. The molecule has 246 valence electrons. The minimum atomic E-state index is 0.112. The fourth-order valence-corrected chi connectivity index (χ4v) is 6.71. The Morgan fingerprint density at radius 2 is 0.646 bits per heavy atom. The van der Waals surface area contributed by atoms with Crippen LogP contribution in [0.25, 0.3) is 33.4 Å². The van der Waals surface area contributed by atoms with Gasteiger partial charge in [-0.1, -0.05) is 89.5 Å². The molecule has 3 heterocycles. The summed E-state index contributed by atoms with van der Waals surface area (Å²) < 4.78 is 19.7. The summed E-state index contributed by atoms with van der Waals surface area (Å²) in [5, 5.41) is 0. The Balaban J connectivity index is 1.76. The molecule has 0 radical (unpaired) electrons. The topological polar surface area (TPSA) is 64.8 Å². The quantitative estimate of drug-likeness (QED) is 0.211. The van der Waals surface area contributed by atoms with Gasteiger partial charge in [0.25, 0.3) is 0 Å². The van der Waals surface area contributed by atoms with Gasteiger partial charge in [-0.15, -0.1) is 0 Å². The van der Waals surface area contributed by atoms with Crippen LogP contribution in [0.3, 0.4) is 0 Å². The van der Waals surface area contributed by atoms with Crippen LogP contribution < -0.4 is 0 Å². The number of hydrogen-bond acceptors (Lipinski definition) is 6. The molecule has 48 heavy (non-hydrogen) atoms. The molecule has 0 unspecified atom stereocenters. The van der Waals surface area contributed by atoms with E-state index >= 15 is 0 Å². The maximum atomic E-state index is 6.58. The van der Waals surface area contributed by atoms with Crippen molar-refractivity contribution in [3.63, 3.8) is 0 Å². The van der Waals surface area contributed by atoms with Gasteiger partial charge >= 0.3 is 0 Å². The Bertz CT molecular complexity index is 1660. The van der Waals surface area contributed by atoms with Gasteiger partial charge in [0.1, 0.15) is 0 Å². The smallest absolute Gasteiger partial charge is 0.217 e. The van der Waals surface area contributed by atoms with Crippen molar-refractivity contribution in [1.82, 2.24) is 0 Å². The van der Waals surface area contributed by atoms with Crippen molar-refractivity contribution in [2.24, 2.45) is 15.0 Å². The largest absolute Gasteiger partial charge is 0.477 e. The first-order valence-electron chi connectivity index (χ1n) is 17.3. The molecule has 3 aliphatic heterocycles. The number of aryl methyl sites for hydroxylation is 3. The molecule has 0 bridgehead atoms. The molecular formula is C42H45N3O3. The molecule has 0 saturated heterocycles. The van der Waals surface area contributed by atoms with Gasteiger partial charge in [0.15, 0.2) is 0 Å². The van der Waals surface area contributed by atoms with Crippen LogP contribution in [0, 0.1) is 20.8 Å². The fraction of sp³-hybridized carbons (Fsp3) is 0.357. The van der Waals surface area contributed by atoms with Crippen LogP contribution in [0.2, 0.25) is 0 Å². The van der Waals surface area contributed by atoms with E-state index in [2.05, 4.69) is 114 Å². The predicted octanol–water partition coefficient (Wildman–Crippen LogP) is 9.28. The van der Waals surface area contributed by atoms with E-state index in [-0.39, 0.29) is 18.1 Å². The van der Waals surface area contributed by atoms with Crippen LogP contribution in [0.4, 0.5) is 0 Å². The molecule has 4 aromatic rings. The molecule has 4 aromatic carbocycles. The van der Waals surface area contributed by atoms with Crippen molar-refractivity contribution in [3.8, 4) is 33.4 Å². The first-order chi connectivity index (χ1) is 23.3. The van der Waals surface area contributed by atoms with Crippen LogP contribution in [0.1, 0.15) is 73.4 Å². The van der Waals surface area contributed by atoms with Gasteiger partial charge in [0.05, 0.1) is 54.6 Å². The molecule has 0 aromatic heterocycles. The molecule has 6 nitrogen and oxygen atoms in total. The lowest BCUT2D eigenvalue weighted by atomic mass is 9.78. The van der Waals surface area contributed by atoms with Crippen molar-refractivity contribution in [1.29, 1.82) is 0 Å². The van der Waals surface area contributed by atoms with E-state index in [1.807, 2.05) is 0 Å². The Kier molecular flexibility index (Phi) is 8.91. The number of hydrogen-bond donors (Lipinski definition) is 0. The van der Waals surface area contributed by atoms with E-state index in [9.17, 15) is 0 Å². The lowest BCUT2D eigenvalue weighted by Crippen LogP contribution is -2.28. The van der Waals surface area contributed by atoms with E-state index in [4.69, 9.17) is 29.2 Å². The Labute approximate surface area is 284 Å². The average molecular weight is 640 g/mol. The highest BCUT2D eigenvalue weighted by atomic mass is 16.5. The Morgan fingerprint density at radius 3 is 0.875 bits per heavy atom. The number of ether oxygens (including phenoxy) is 3. The third-order valence-electron chi connectivity index (χ3n) is 9.50. The second kappa shape index (κ2) is 13.4. The van der Waals surface area contributed by atoms with Crippen LogP contribution in [0.15, 0.2) is 87.8 Å². The SMILES string of the molecule is Cc1ccc(-c2c(C3=N[C@@H](C)CCO3)c(-c3ccc(C)cc3)c(C3=N[C@@H](C)CCO3)c(-c3ccc(C)cc3)c2C2=N[C@@H](C)CCO2)cc1. The van der Waals surface area contributed by atoms with Gasteiger partial charge in [0.2, 0.25) is 17.7 Å². The van der Waals surface area contributed by atoms with Crippen molar-refractivity contribution in [3.05, 3.63) is 106 Å². The molecule has 0 N–H and O–H groups in total. The summed E-state index contributed by atoms with van der Waals surface area (Å²) in [5.41, 5.74) is 12.5. The molecular weight excluding hydrogens is 594 g/mol. The first kappa shape index (κ1) is 31.9. The van der Waals surface area contributed by atoms with E-state index < -0.39 is 0 Å². The number of rotatable bonds is 6. The lowest BCUT2D eigenvalue weighted by molar-refractivity contribution is 0.264. The highest BCUT2D eigenvalue weighted by molar-refractivity contribution is 6.23. The van der Waals surface area contributed by atoms with Crippen molar-refractivity contribution < 1.29 is 14.2 Å². The van der Waals surface area contributed by atoms with Crippen LogP contribution in [-0.2, 0) is 14.2 Å². The fourth-order valence-electron chi connectivity index (χ4n) is 6.71. The number of benzene rings is 4. The third-order valence-corrected chi connectivity index (χ3v) is 9.50. The van der Waals surface area contributed by atoms with Crippen LogP contribution >= 0.6 is 0 Å². The molecule has 0 aliphatic carbocycles. The highest BCUT2D eigenvalue weighted by Crippen LogP contribution is 2.47. The van der Waals surface area contributed by atoms with Crippen molar-refractivity contribution >= 4 is 17.7 Å². The summed E-state index contributed by atoms with van der Waals surface area (Å²) in [4.78, 5) is 15.6. The highest BCUT2D eigenvalue weighted by Gasteiger charge is 2.36. The summed E-state index contributed by atoms with van der Waals surface area (Å²) >= 11 is 0. The van der Waals surface area contributed by atoms with E-state index in [0.717, 1.165) is 69.3 Å². The zero-order valence-corrected chi connectivity index (χ0v) is 29.0. The van der Waals surface area contributed by atoms with Crippen molar-refractivity contribution in [2.75, 3.05) is 19.8 Å². The normalized spacial score (nSPS) is 20.9. The van der Waals surface area contributed by atoms with E-state index in [0.29, 0.717) is 37.5 Å². The minimum Gasteiger partial charge on any atom is -0.477 e. The maximum absolute atomic E-state index is 6.58. The third kappa shape index (κ3) is 6.28. The van der Waals surface area contributed by atoms with E-state index in [1.165, 1.54) is 16.7 Å². The van der Waals surface area contributed by atoms with Crippen molar-refractivity contribution in [2.45, 2.75) is 78.9 Å². The summed E-state index contributed by atoms with van der Waals surface area (Å²) in [5.74, 6) is 1.89. The molecule has 3 aliphatic rings. The summed E-state index contributed by atoms with van der Waals surface area (Å²) in [6.07, 6.45) is 2.60. The van der Waals surface area contributed by atoms with Gasteiger partial charge in [-0.25, -0.2) is 15.0 Å². The zero-order valence-electron chi connectivity index (χ0n) is 29.0. The summed E-state index contributed by atoms with van der Waals surface area (Å²) in [7, 11) is 0. The standard InChI is InChI=1S/C42H45N3O3/c1-25-7-13-31(14-8-25)34-37(40-43-28(4)19-22-46-40)35(32-15-9-26(2)10-16-32)39(42-45-30(6)21-24-48-42)36(33-17-11-27(3)12-18-33)38(34)41-44-29(5)20-23-47-41/h7-18,28-30H,19-24H2,1-6H3/t28-,29-,30-/m0/s1. The second-order valence-corrected chi connectivity index (χ2v) is 13.6. The van der Waals surface area contributed by atoms with Gasteiger partial charge in [-0.3, -0.25) is 0 Å². The molecule has 0 amide bonds. The van der Waals surface area contributed by atoms with Gasteiger partial charge in [-0.05, 0) is 58.2 Å². The zero-order chi connectivity index (χ0) is 33.4. The summed E-state index contributed by atoms with van der Waals surface area (Å²) in [6, 6.07) is 26.5. The number of aliphatic imine (C=N–C) groups is 3. The lowest BCUT2D eigenvalue weighted by Gasteiger charge is -2.32. The van der Waals surface area contributed by atoms with Gasteiger partial charge in [-0.2, -0.15) is 0 Å². The van der Waals surface area contributed by atoms with E-state index in [1.54, 1.807) is 0 Å². The minimum absolute atomic E-state index is 0.112. The summed E-state index contributed by atoms with van der Waals surface area (Å²) in [6.45, 7) is 14.6. The Morgan fingerprint density at radius 1 is 0.396 bits per heavy atom. The van der Waals surface area contributed by atoms with Gasteiger partial charge in [0, 0.05) is 36.0 Å². The number of nitrogens with zero attached hydrogens (tertiary/aromatic N) is 3. The van der Waals surface area contributed by atoms with Crippen LogP contribution in [-0.4, -0.2) is 55.6 Å². The molecule has 3 atom stereocenters. The molecule has 7 rings (SSSR count). The Hall–Kier alpha value is -4.71. The first-order valence-corrected chi connectivity index (χ1v) is 17.3. The monoisotopic (exact) mass is 639 g/mol. The predicted molar refractivity (Wildman–Crippen MR) is 197 cm³/mol. The maximum Gasteiger partial charge on any atom is 0.217 e. The molecule has 0 spiro atoms.